The minimum Gasteiger partial charge on any atom is -0.494 e. The zero-order valence-corrected chi connectivity index (χ0v) is 15.1. The van der Waals surface area contributed by atoms with Gasteiger partial charge in [-0.25, -0.2) is 4.98 Å². The fourth-order valence-corrected chi connectivity index (χ4v) is 3.44. The van der Waals surface area contributed by atoms with Gasteiger partial charge in [-0.2, -0.15) is 0 Å². The third-order valence-corrected chi connectivity index (χ3v) is 4.92. The average molecular weight is 352 g/mol. The van der Waals surface area contributed by atoms with Crippen LogP contribution in [0.4, 0.5) is 0 Å². The van der Waals surface area contributed by atoms with E-state index in [1.807, 2.05) is 68.4 Å². The van der Waals surface area contributed by atoms with Gasteiger partial charge >= 0.3 is 0 Å². The maximum atomic E-state index is 12.5. The van der Waals surface area contributed by atoms with Gasteiger partial charge in [0.15, 0.2) is 0 Å². The minimum absolute atomic E-state index is 0.0870. The number of carbonyl (C=O) groups excluding carboxylic acids is 1. The van der Waals surface area contributed by atoms with E-state index < -0.39 is 0 Å². The van der Waals surface area contributed by atoms with E-state index >= 15 is 0 Å². The number of rotatable bonds is 6. The molecule has 0 saturated heterocycles. The van der Waals surface area contributed by atoms with Gasteiger partial charge in [0, 0.05) is 12.1 Å². The molecule has 0 aliphatic heterocycles. The Kier molecular flexibility index (Phi) is 5.46. The van der Waals surface area contributed by atoms with E-state index in [-0.39, 0.29) is 5.91 Å². The first kappa shape index (κ1) is 17.2. The molecule has 1 N–H and O–H groups in total. The maximum Gasteiger partial charge on any atom is 0.263 e. The summed E-state index contributed by atoms with van der Waals surface area (Å²) in [5.74, 6) is 0.747. The summed E-state index contributed by atoms with van der Waals surface area (Å²) < 4.78 is 5.46. The highest BCUT2D eigenvalue weighted by molar-refractivity contribution is 7.17. The fraction of sp³-hybridized carbons (Fsp3) is 0.200. The Morgan fingerprint density at radius 1 is 1.12 bits per heavy atom. The van der Waals surface area contributed by atoms with Gasteiger partial charge < -0.3 is 10.1 Å². The number of hydrogen-bond acceptors (Lipinski definition) is 4. The molecule has 0 radical (unpaired) electrons. The van der Waals surface area contributed by atoms with Crippen molar-refractivity contribution in [1.29, 1.82) is 0 Å². The zero-order valence-electron chi connectivity index (χ0n) is 14.3. The van der Waals surface area contributed by atoms with Crippen LogP contribution in [0.3, 0.4) is 0 Å². The Morgan fingerprint density at radius 2 is 1.84 bits per heavy atom. The summed E-state index contributed by atoms with van der Waals surface area (Å²) in [4.78, 5) is 17.7. The van der Waals surface area contributed by atoms with Crippen LogP contribution in [0, 0.1) is 6.92 Å². The first-order valence-corrected chi connectivity index (χ1v) is 9.02. The molecule has 1 aromatic heterocycles. The molecule has 1 heterocycles. The monoisotopic (exact) mass is 352 g/mol. The maximum absolute atomic E-state index is 12.5. The number of ether oxygens (including phenoxy) is 1. The molecule has 4 nitrogen and oxygen atoms in total. The summed E-state index contributed by atoms with van der Waals surface area (Å²) in [6.45, 7) is 4.97. The molecule has 0 saturated carbocycles. The number of aromatic nitrogens is 1. The lowest BCUT2D eigenvalue weighted by atomic mass is 10.2. The van der Waals surface area contributed by atoms with Crippen molar-refractivity contribution >= 4 is 17.2 Å². The molecule has 25 heavy (non-hydrogen) atoms. The van der Waals surface area contributed by atoms with Crippen molar-refractivity contribution in [1.82, 2.24) is 10.3 Å². The quantitative estimate of drug-likeness (QED) is 0.713. The molecule has 0 fully saturated rings. The second kappa shape index (κ2) is 7.94. The normalized spacial score (nSPS) is 10.5. The summed E-state index contributed by atoms with van der Waals surface area (Å²) >= 11 is 1.41. The van der Waals surface area contributed by atoms with Gasteiger partial charge in [0.1, 0.15) is 15.6 Å². The topological polar surface area (TPSA) is 51.2 Å². The molecule has 3 aromatic rings. The fourth-order valence-electron chi connectivity index (χ4n) is 2.45. The molecule has 0 aliphatic rings. The van der Waals surface area contributed by atoms with Gasteiger partial charge in [0.2, 0.25) is 0 Å². The molecule has 0 spiro atoms. The largest absolute Gasteiger partial charge is 0.494 e. The van der Waals surface area contributed by atoms with Crippen molar-refractivity contribution in [2.45, 2.75) is 20.4 Å². The molecule has 3 rings (SSSR count). The van der Waals surface area contributed by atoms with Gasteiger partial charge in [0.25, 0.3) is 5.91 Å². The summed E-state index contributed by atoms with van der Waals surface area (Å²) in [5.41, 5.74) is 2.81. The number of nitrogens with one attached hydrogen (secondary N) is 1. The van der Waals surface area contributed by atoms with Crippen molar-refractivity contribution in [3.05, 3.63) is 70.7 Å². The predicted molar refractivity (Wildman–Crippen MR) is 101 cm³/mol. The molecule has 0 unspecified atom stereocenters. The van der Waals surface area contributed by atoms with E-state index in [9.17, 15) is 4.79 Å². The summed E-state index contributed by atoms with van der Waals surface area (Å²) in [5, 5.41) is 3.80. The Labute approximate surface area is 151 Å². The van der Waals surface area contributed by atoms with Gasteiger partial charge in [-0.3, -0.25) is 4.79 Å². The van der Waals surface area contributed by atoms with Crippen LogP contribution in [0.25, 0.3) is 10.6 Å². The molecular weight excluding hydrogens is 332 g/mol. The Morgan fingerprint density at radius 3 is 2.52 bits per heavy atom. The number of carbonyl (C=O) groups is 1. The number of nitrogens with zero attached hydrogens (tertiary/aromatic N) is 1. The lowest BCUT2D eigenvalue weighted by Crippen LogP contribution is -2.22. The standard InChI is InChI=1S/C20H20N2O2S/c1-3-24-17-11-9-16(10-12-17)20-22-14(2)18(25-20)19(23)21-13-15-7-5-4-6-8-15/h4-12H,3,13H2,1-2H3,(H,21,23). The number of thiazole rings is 1. The van der Waals surface area contributed by atoms with Crippen LogP contribution in [-0.4, -0.2) is 17.5 Å². The highest BCUT2D eigenvalue weighted by Crippen LogP contribution is 2.29. The molecule has 1 amide bonds. The van der Waals surface area contributed by atoms with Crippen LogP contribution < -0.4 is 10.1 Å². The van der Waals surface area contributed by atoms with Crippen molar-refractivity contribution in [2.75, 3.05) is 6.61 Å². The third-order valence-electron chi connectivity index (χ3n) is 3.71. The number of hydrogen-bond donors (Lipinski definition) is 1. The van der Waals surface area contributed by atoms with Gasteiger partial charge in [-0.15, -0.1) is 11.3 Å². The second-order valence-corrected chi connectivity index (χ2v) is 6.56. The van der Waals surface area contributed by atoms with E-state index in [0.717, 1.165) is 27.6 Å². The van der Waals surface area contributed by atoms with Crippen molar-refractivity contribution in [3.63, 3.8) is 0 Å². The van der Waals surface area contributed by atoms with E-state index in [1.165, 1.54) is 11.3 Å². The molecular formula is C20H20N2O2S. The van der Waals surface area contributed by atoms with Crippen LogP contribution in [0.15, 0.2) is 54.6 Å². The van der Waals surface area contributed by atoms with Crippen LogP contribution in [-0.2, 0) is 6.54 Å². The van der Waals surface area contributed by atoms with Gasteiger partial charge in [0.05, 0.1) is 12.3 Å². The van der Waals surface area contributed by atoms with E-state index in [1.54, 1.807) is 0 Å². The SMILES string of the molecule is CCOc1ccc(-c2nc(C)c(C(=O)NCc3ccccc3)s2)cc1. The Bertz CT molecular complexity index is 842. The number of aryl methyl sites for hydroxylation is 1. The summed E-state index contributed by atoms with van der Waals surface area (Å²) in [6.07, 6.45) is 0. The predicted octanol–water partition coefficient (Wildman–Crippen LogP) is 4.45. The minimum atomic E-state index is -0.0870. The summed E-state index contributed by atoms with van der Waals surface area (Å²) in [7, 11) is 0. The van der Waals surface area contributed by atoms with E-state index in [4.69, 9.17) is 4.74 Å². The van der Waals surface area contributed by atoms with Crippen LogP contribution in [0.2, 0.25) is 0 Å². The van der Waals surface area contributed by atoms with Crippen molar-refractivity contribution < 1.29 is 9.53 Å². The number of amides is 1. The first-order chi connectivity index (χ1) is 12.2. The highest BCUT2D eigenvalue weighted by Gasteiger charge is 2.16. The molecule has 0 aliphatic carbocycles. The zero-order chi connectivity index (χ0) is 17.6. The lowest BCUT2D eigenvalue weighted by Gasteiger charge is -2.04. The molecule has 2 aromatic carbocycles. The molecule has 128 valence electrons. The smallest absolute Gasteiger partial charge is 0.263 e. The van der Waals surface area contributed by atoms with Crippen LogP contribution in [0.1, 0.15) is 27.9 Å². The average Bonchev–Trinajstić information content (AvgIpc) is 3.03. The van der Waals surface area contributed by atoms with Crippen molar-refractivity contribution in [3.8, 4) is 16.3 Å². The van der Waals surface area contributed by atoms with Crippen LogP contribution >= 0.6 is 11.3 Å². The highest BCUT2D eigenvalue weighted by atomic mass is 32.1. The van der Waals surface area contributed by atoms with Gasteiger partial charge in [-0.1, -0.05) is 30.3 Å². The van der Waals surface area contributed by atoms with E-state index in [0.29, 0.717) is 18.0 Å². The number of benzene rings is 2. The molecule has 0 bridgehead atoms. The summed E-state index contributed by atoms with van der Waals surface area (Å²) in [6, 6.07) is 17.6. The molecule has 5 heteroatoms. The van der Waals surface area contributed by atoms with Crippen molar-refractivity contribution in [2.24, 2.45) is 0 Å². The molecule has 0 atom stereocenters. The third kappa shape index (κ3) is 4.25. The van der Waals surface area contributed by atoms with E-state index in [2.05, 4.69) is 10.3 Å². The first-order valence-electron chi connectivity index (χ1n) is 8.20. The lowest BCUT2D eigenvalue weighted by molar-refractivity contribution is 0.0954. The Balaban J connectivity index is 1.72. The van der Waals surface area contributed by atoms with Crippen LogP contribution in [0.5, 0.6) is 5.75 Å². The second-order valence-electron chi connectivity index (χ2n) is 5.56. The Hall–Kier alpha value is -2.66. The van der Waals surface area contributed by atoms with Gasteiger partial charge in [-0.05, 0) is 43.7 Å².